The predicted molar refractivity (Wildman–Crippen MR) is 103 cm³/mol. The average molecular weight is 393 g/mol. The highest BCUT2D eigenvalue weighted by atomic mass is 35.5. The van der Waals surface area contributed by atoms with E-state index in [9.17, 15) is 14.0 Å². The number of ketones is 1. The number of amides is 1. The molecule has 1 aliphatic heterocycles. The summed E-state index contributed by atoms with van der Waals surface area (Å²) in [5.41, 5.74) is 1.29. The van der Waals surface area contributed by atoms with Crippen LogP contribution in [0.3, 0.4) is 0 Å². The maximum Gasteiger partial charge on any atom is 0.261 e. The first-order chi connectivity index (χ1) is 12.5. The second kappa shape index (κ2) is 9.48. The van der Waals surface area contributed by atoms with Crippen LogP contribution in [0.4, 0.5) is 4.39 Å². The molecule has 2 aromatic rings. The van der Waals surface area contributed by atoms with E-state index < -0.39 is 0 Å². The first-order valence-electron chi connectivity index (χ1n) is 8.54. The van der Waals surface area contributed by atoms with Crippen molar-refractivity contribution in [1.29, 1.82) is 0 Å². The molecule has 0 saturated carbocycles. The largest absolute Gasteiger partial charge is 0.484 e. The number of hydrogen-bond donors (Lipinski definition) is 1. The lowest BCUT2D eigenvalue weighted by molar-refractivity contribution is -0.136. The van der Waals surface area contributed by atoms with Gasteiger partial charge >= 0.3 is 0 Å². The molecule has 1 aliphatic rings. The summed E-state index contributed by atoms with van der Waals surface area (Å²) in [5, 5.41) is 3.24. The third-order valence-corrected chi connectivity index (χ3v) is 4.40. The molecule has 0 aromatic heterocycles. The van der Waals surface area contributed by atoms with Gasteiger partial charge < -0.3 is 15.0 Å². The number of carbonyl (C=O) groups is 2. The second-order valence-corrected chi connectivity index (χ2v) is 6.23. The van der Waals surface area contributed by atoms with Crippen LogP contribution < -0.4 is 10.1 Å². The molecule has 0 radical (unpaired) electrons. The van der Waals surface area contributed by atoms with Gasteiger partial charge in [0.25, 0.3) is 5.91 Å². The van der Waals surface area contributed by atoms with Crippen molar-refractivity contribution in [3.05, 3.63) is 65.5 Å². The maximum atomic E-state index is 13.5. The zero-order valence-corrected chi connectivity index (χ0v) is 15.8. The van der Waals surface area contributed by atoms with E-state index in [0.717, 1.165) is 5.56 Å². The Hall–Kier alpha value is -2.44. The molecule has 5 nitrogen and oxygen atoms in total. The minimum atomic E-state index is -0.322. The van der Waals surface area contributed by atoms with Crippen molar-refractivity contribution >= 4 is 24.1 Å². The molecule has 0 aliphatic carbocycles. The Bertz CT molecular complexity index is 815. The minimum absolute atomic E-state index is 0. The number of halogens is 2. The maximum absolute atomic E-state index is 13.5. The summed E-state index contributed by atoms with van der Waals surface area (Å²) < 4.78 is 19.1. The highest BCUT2D eigenvalue weighted by Gasteiger charge is 2.28. The van der Waals surface area contributed by atoms with Gasteiger partial charge in [-0.2, -0.15) is 0 Å². The summed E-state index contributed by atoms with van der Waals surface area (Å²) >= 11 is 0. The Balaban J connectivity index is 0.00000261. The highest BCUT2D eigenvalue weighted by Crippen LogP contribution is 2.23. The van der Waals surface area contributed by atoms with Crippen molar-refractivity contribution in [2.45, 2.75) is 13.0 Å². The molecular weight excluding hydrogens is 371 g/mol. The molecule has 144 valence electrons. The summed E-state index contributed by atoms with van der Waals surface area (Å²) in [6.07, 6.45) is 0. The molecule has 1 unspecified atom stereocenters. The summed E-state index contributed by atoms with van der Waals surface area (Å²) in [4.78, 5) is 25.8. The number of nitrogens with zero attached hydrogens (tertiary/aromatic N) is 1. The van der Waals surface area contributed by atoms with E-state index in [4.69, 9.17) is 4.74 Å². The third kappa shape index (κ3) is 5.28. The van der Waals surface area contributed by atoms with E-state index in [-0.39, 0.29) is 42.6 Å². The van der Waals surface area contributed by atoms with E-state index in [1.54, 1.807) is 35.2 Å². The number of rotatable bonds is 5. The van der Waals surface area contributed by atoms with Gasteiger partial charge in [-0.05, 0) is 36.8 Å². The summed E-state index contributed by atoms with van der Waals surface area (Å²) in [7, 11) is 0. The number of piperazine rings is 1. The van der Waals surface area contributed by atoms with E-state index in [1.807, 2.05) is 6.07 Å². The Labute approximate surface area is 163 Å². The third-order valence-electron chi connectivity index (χ3n) is 4.40. The van der Waals surface area contributed by atoms with Crippen molar-refractivity contribution < 1.29 is 18.7 Å². The van der Waals surface area contributed by atoms with Gasteiger partial charge in [-0.15, -0.1) is 12.4 Å². The molecule has 0 bridgehead atoms. The summed E-state index contributed by atoms with van der Waals surface area (Å²) in [6.45, 7) is 3.12. The van der Waals surface area contributed by atoms with E-state index in [2.05, 4.69) is 5.32 Å². The van der Waals surface area contributed by atoms with Crippen LogP contribution in [0.5, 0.6) is 5.75 Å². The van der Waals surface area contributed by atoms with E-state index in [1.165, 1.54) is 19.1 Å². The molecule has 1 atom stereocenters. The number of ether oxygens (including phenoxy) is 1. The fraction of sp³-hybridized carbons (Fsp3) is 0.300. The molecule has 1 N–H and O–H groups in total. The number of Topliss-reactive ketones (excluding diaryl/α,β-unsaturated/α-hetero) is 1. The smallest absolute Gasteiger partial charge is 0.261 e. The second-order valence-electron chi connectivity index (χ2n) is 6.23. The topological polar surface area (TPSA) is 58.6 Å². The first kappa shape index (κ1) is 20.9. The molecule has 3 rings (SSSR count). The van der Waals surface area contributed by atoms with Crippen molar-refractivity contribution in [3.8, 4) is 5.75 Å². The van der Waals surface area contributed by atoms with Gasteiger partial charge in [-0.1, -0.05) is 24.3 Å². The van der Waals surface area contributed by atoms with E-state index in [0.29, 0.717) is 30.9 Å². The van der Waals surface area contributed by atoms with Crippen LogP contribution in [0.15, 0.2) is 48.5 Å². The molecule has 2 aromatic carbocycles. The SMILES string of the molecule is CC(=O)c1cccc(OCC(=O)N2CCNCC2c2cccc(F)c2)c1.Cl. The molecule has 1 fully saturated rings. The van der Waals surface area contributed by atoms with Gasteiger partial charge in [0.15, 0.2) is 12.4 Å². The van der Waals surface area contributed by atoms with Crippen LogP contribution in [-0.4, -0.2) is 42.8 Å². The lowest BCUT2D eigenvalue weighted by Crippen LogP contribution is -2.50. The monoisotopic (exact) mass is 392 g/mol. The van der Waals surface area contributed by atoms with Gasteiger partial charge in [-0.25, -0.2) is 4.39 Å². The Morgan fingerprint density at radius 3 is 2.74 bits per heavy atom. The number of benzene rings is 2. The van der Waals surface area contributed by atoms with Crippen molar-refractivity contribution in [3.63, 3.8) is 0 Å². The van der Waals surface area contributed by atoms with Crippen LogP contribution in [0, 0.1) is 5.82 Å². The van der Waals surface area contributed by atoms with Gasteiger partial charge in [0, 0.05) is 25.2 Å². The van der Waals surface area contributed by atoms with Gasteiger partial charge in [0.2, 0.25) is 0 Å². The molecular formula is C20H22ClFN2O3. The summed E-state index contributed by atoms with van der Waals surface area (Å²) in [6, 6.07) is 12.8. The zero-order valence-electron chi connectivity index (χ0n) is 15.0. The standard InChI is InChI=1S/C20H21FN2O3.ClH/c1-14(24)15-4-3-7-18(11-15)26-13-20(25)23-9-8-22-12-19(23)16-5-2-6-17(21)10-16;/h2-7,10-11,19,22H,8-9,12-13H2,1H3;1H. The van der Waals surface area contributed by atoms with Crippen molar-refractivity contribution in [2.24, 2.45) is 0 Å². The van der Waals surface area contributed by atoms with Crippen LogP contribution in [0.25, 0.3) is 0 Å². The number of nitrogens with one attached hydrogen (secondary N) is 1. The Morgan fingerprint density at radius 2 is 2.00 bits per heavy atom. The van der Waals surface area contributed by atoms with Crippen molar-refractivity contribution in [1.82, 2.24) is 10.2 Å². The van der Waals surface area contributed by atoms with E-state index >= 15 is 0 Å². The average Bonchev–Trinajstić information content (AvgIpc) is 2.66. The van der Waals surface area contributed by atoms with Gasteiger partial charge in [0.1, 0.15) is 11.6 Å². The normalized spacial score (nSPS) is 16.4. The summed E-state index contributed by atoms with van der Waals surface area (Å²) in [5.74, 6) is -0.0784. The molecule has 0 spiro atoms. The zero-order chi connectivity index (χ0) is 18.5. The quantitative estimate of drug-likeness (QED) is 0.795. The Kier molecular flexibility index (Phi) is 7.33. The Morgan fingerprint density at radius 1 is 1.22 bits per heavy atom. The minimum Gasteiger partial charge on any atom is -0.484 e. The van der Waals surface area contributed by atoms with Gasteiger partial charge in [-0.3, -0.25) is 9.59 Å². The van der Waals surface area contributed by atoms with Crippen LogP contribution >= 0.6 is 12.4 Å². The van der Waals surface area contributed by atoms with Crippen LogP contribution in [0.1, 0.15) is 28.9 Å². The fourth-order valence-electron chi connectivity index (χ4n) is 3.05. The molecule has 1 saturated heterocycles. The number of hydrogen-bond acceptors (Lipinski definition) is 4. The fourth-order valence-corrected chi connectivity index (χ4v) is 3.05. The molecule has 7 heteroatoms. The predicted octanol–water partition coefficient (Wildman–Crippen LogP) is 3.00. The van der Waals surface area contributed by atoms with Crippen LogP contribution in [-0.2, 0) is 4.79 Å². The lowest BCUT2D eigenvalue weighted by Gasteiger charge is -2.36. The van der Waals surface area contributed by atoms with Crippen molar-refractivity contribution in [2.75, 3.05) is 26.2 Å². The first-order valence-corrected chi connectivity index (χ1v) is 8.54. The molecule has 1 amide bonds. The highest BCUT2D eigenvalue weighted by molar-refractivity contribution is 5.94. The van der Waals surface area contributed by atoms with Crippen LogP contribution in [0.2, 0.25) is 0 Å². The number of carbonyl (C=O) groups excluding carboxylic acids is 2. The molecule has 1 heterocycles. The van der Waals surface area contributed by atoms with Gasteiger partial charge in [0.05, 0.1) is 6.04 Å². The lowest BCUT2D eigenvalue weighted by atomic mass is 10.0. The molecule has 27 heavy (non-hydrogen) atoms.